The molecule has 0 aliphatic heterocycles. The summed E-state index contributed by atoms with van der Waals surface area (Å²) in [5.74, 6) is -2.06. The minimum atomic E-state index is -1.05. The zero-order chi connectivity index (χ0) is 21.4. The largest absolute Gasteiger partial charge is 0.452 e. The molecule has 0 aliphatic carbocycles. The van der Waals surface area contributed by atoms with Gasteiger partial charge in [0.1, 0.15) is 5.82 Å². The maximum Gasteiger partial charge on any atom is 0.317 e. The van der Waals surface area contributed by atoms with Crippen LogP contribution in [0.1, 0.15) is 12.5 Å². The quantitative estimate of drug-likeness (QED) is 0.526. The number of nitrogens with one attached hydrogen (secondary N) is 1. The van der Waals surface area contributed by atoms with E-state index < -0.39 is 23.8 Å². The van der Waals surface area contributed by atoms with Gasteiger partial charge in [0.15, 0.2) is 6.10 Å². The van der Waals surface area contributed by atoms with Gasteiger partial charge in [0.05, 0.1) is 12.3 Å². The fraction of sp³-hybridized carbons (Fsp3) is 0.286. The third kappa shape index (κ3) is 7.23. The number of carbonyl (C=O) groups is 3. The van der Waals surface area contributed by atoms with Crippen molar-refractivity contribution < 1.29 is 23.5 Å². The van der Waals surface area contributed by atoms with Crippen LogP contribution >= 0.6 is 11.8 Å². The second-order valence-electron chi connectivity index (χ2n) is 6.46. The number of thioether (sulfide) groups is 1. The fourth-order valence-electron chi connectivity index (χ4n) is 2.42. The number of halogens is 1. The molecule has 2 amide bonds. The number of esters is 1. The van der Waals surface area contributed by atoms with Gasteiger partial charge in [0, 0.05) is 17.6 Å². The Morgan fingerprint density at radius 2 is 1.79 bits per heavy atom. The molecule has 2 rings (SSSR count). The number of amides is 2. The van der Waals surface area contributed by atoms with Crippen molar-refractivity contribution in [2.45, 2.75) is 24.8 Å². The number of hydrogen-bond donors (Lipinski definition) is 1. The van der Waals surface area contributed by atoms with E-state index in [2.05, 4.69) is 5.32 Å². The molecule has 0 heterocycles. The molecule has 2 aromatic rings. The number of likely N-dealkylation sites (N-methyl/N-ethyl adjacent to an activating group) is 1. The normalized spacial score (nSPS) is 11.4. The topological polar surface area (TPSA) is 75.7 Å². The molecule has 0 bridgehead atoms. The number of aryl methyl sites for hydroxylation is 1. The molecule has 2 aromatic carbocycles. The van der Waals surface area contributed by atoms with Gasteiger partial charge in [-0.25, -0.2) is 4.39 Å². The van der Waals surface area contributed by atoms with E-state index in [0.29, 0.717) is 10.6 Å². The van der Waals surface area contributed by atoms with Gasteiger partial charge in [-0.2, -0.15) is 0 Å². The smallest absolute Gasteiger partial charge is 0.317 e. The third-order valence-electron chi connectivity index (χ3n) is 3.93. The lowest BCUT2D eigenvalue weighted by Crippen LogP contribution is -2.41. The number of nitrogens with zero attached hydrogens (tertiary/aromatic N) is 1. The van der Waals surface area contributed by atoms with Crippen molar-refractivity contribution in [3.63, 3.8) is 0 Å². The van der Waals surface area contributed by atoms with Gasteiger partial charge in [-0.05, 0) is 38.1 Å². The molecular weight excluding hydrogens is 395 g/mol. The molecule has 6 nitrogen and oxygen atoms in total. The molecule has 0 radical (unpaired) electrons. The fourth-order valence-corrected chi connectivity index (χ4v) is 3.14. The van der Waals surface area contributed by atoms with Crippen LogP contribution in [0.25, 0.3) is 0 Å². The van der Waals surface area contributed by atoms with Gasteiger partial charge < -0.3 is 15.0 Å². The zero-order valence-electron chi connectivity index (χ0n) is 16.5. The van der Waals surface area contributed by atoms with Crippen molar-refractivity contribution in [1.29, 1.82) is 0 Å². The molecular formula is C21H23FN2O4S. The Morgan fingerprint density at radius 3 is 2.45 bits per heavy atom. The van der Waals surface area contributed by atoms with E-state index >= 15 is 0 Å². The Balaban J connectivity index is 1.78. The number of hydrogen-bond acceptors (Lipinski definition) is 5. The average Bonchev–Trinajstić information content (AvgIpc) is 2.68. The lowest BCUT2D eigenvalue weighted by atomic mass is 10.2. The van der Waals surface area contributed by atoms with Crippen molar-refractivity contribution in [2.75, 3.05) is 24.7 Å². The summed E-state index contributed by atoms with van der Waals surface area (Å²) in [4.78, 5) is 37.9. The maximum absolute atomic E-state index is 13.6. The number of anilines is 1. The van der Waals surface area contributed by atoms with Gasteiger partial charge in [-0.15, -0.1) is 11.8 Å². The monoisotopic (exact) mass is 418 g/mol. The lowest BCUT2D eigenvalue weighted by molar-refractivity contribution is -0.156. The summed E-state index contributed by atoms with van der Waals surface area (Å²) in [6, 6.07) is 13.4. The maximum atomic E-state index is 13.6. The van der Waals surface area contributed by atoms with E-state index in [0.717, 1.165) is 17.3 Å². The van der Waals surface area contributed by atoms with Crippen LogP contribution in [0.15, 0.2) is 53.4 Å². The standard InChI is InChI=1S/C21H23FN2O4S/c1-14-8-10-16(11-9-14)23-19(25)12-24(3)21(27)15(2)28-20(26)13-29-18-7-5-4-6-17(18)22/h4-11,15H,12-13H2,1-3H3,(H,23,25)/t15-/m0/s1. The molecule has 8 heteroatoms. The van der Waals surface area contributed by atoms with Gasteiger partial charge >= 0.3 is 5.97 Å². The second kappa shape index (κ2) is 10.6. The van der Waals surface area contributed by atoms with E-state index in [1.807, 2.05) is 19.1 Å². The summed E-state index contributed by atoms with van der Waals surface area (Å²) < 4.78 is 18.7. The van der Waals surface area contributed by atoms with Crippen LogP contribution in [0.5, 0.6) is 0 Å². The zero-order valence-corrected chi connectivity index (χ0v) is 17.3. The van der Waals surface area contributed by atoms with Crippen LogP contribution in [-0.2, 0) is 19.1 Å². The lowest BCUT2D eigenvalue weighted by Gasteiger charge is -2.21. The van der Waals surface area contributed by atoms with E-state index in [-0.39, 0.29) is 18.2 Å². The molecule has 1 atom stereocenters. The molecule has 0 aliphatic rings. The molecule has 0 saturated carbocycles. The highest BCUT2D eigenvalue weighted by atomic mass is 32.2. The highest BCUT2D eigenvalue weighted by Crippen LogP contribution is 2.21. The van der Waals surface area contributed by atoms with Gasteiger partial charge in [0.25, 0.3) is 5.91 Å². The molecule has 0 unspecified atom stereocenters. The summed E-state index contributed by atoms with van der Waals surface area (Å²) in [7, 11) is 1.45. The van der Waals surface area contributed by atoms with E-state index in [1.165, 1.54) is 24.9 Å². The Bertz CT molecular complexity index is 873. The van der Waals surface area contributed by atoms with Crippen LogP contribution < -0.4 is 5.32 Å². The number of carbonyl (C=O) groups excluding carboxylic acids is 3. The van der Waals surface area contributed by atoms with Crippen LogP contribution in [0.3, 0.4) is 0 Å². The van der Waals surface area contributed by atoms with E-state index in [4.69, 9.17) is 4.74 Å². The SMILES string of the molecule is Cc1ccc(NC(=O)CN(C)C(=O)[C@H](C)OC(=O)CSc2ccccc2F)cc1. The van der Waals surface area contributed by atoms with Crippen molar-refractivity contribution in [1.82, 2.24) is 4.90 Å². The number of rotatable bonds is 8. The van der Waals surface area contributed by atoms with Crippen molar-refractivity contribution >= 4 is 35.2 Å². The summed E-state index contributed by atoms with van der Waals surface area (Å²) in [5, 5.41) is 2.70. The van der Waals surface area contributed by atoms with Crippen LogP contribution in [0.2, 0.25) is 0 Å². The number of ether oxygens (including phenoxy) is 1. The Hall–Kier alpha value is -2.87. The predicted octanol–water partition coefficient (Wildman–Crippen LogP) is 3.26. The van der Waals surface area contributed by atoms with E-state index in [9.17, 15) is 18.8 Å². The Morgan fingerprint density at radius 1 is 1.14 bits per heavy atom. The summed E-state index contributed by atoms with van der Waals surface area (Å²) in [5.41, 5.74) is 1.70. The first-order valence-electron chi connectivity index (χ1n) is 8.94. The van der Waals surface area contributed by atoms with Gasteiger partial charge in [-0.1, -0.05) is 29.8 Å². The summed E-state index contributed by atoms with van der Waals surface area (Å²) in [6.07, 6.45) is -1.05. The van der Waals surface area contributed by atoms with Crippen molar-refractivity contribution in [2.24, 2.45) is 0 Å². The second-order valence-corrected chi connectivity index (χ2v) is 7.48. The molecule has 0 aromatic heterocycles. The summed E-state index contributed by atoms with van der Waals surface area (Å²) in [6.45, 7) is 3.19. The van der Waals surface area contributed by atoms with Crippen LogP contribution in [0.4, 0.5) is 10.1 Å². The Labute approximate surface area is 173 Å². The minimum absolute atomic E-state index is 0.129. The van der Waals surface area contributed by atoms with Gasteiger partial charge in [0.2, 0.25) is 5.91 Å². The highest BCUT2D eigenvalue weighted by molar-refractivity contribution is 8.00. The van der Waals surface area contributed by atoms with E-state index in [1.54, 1.807) is 30.3 Å². The molecule has 154 valence electrons. The first kappa shape index (κ1) is 22.4. The highest BCUT2D eigenvalue weighted by Gasteiger charge is 2.23. The van der Waals surface area contributed by atoms with Crippen molar-refractivity contribution in [3.8, 4) is 0 Å². The Kier molecular flexibility index (Phi) is 8.21. The predicted molar refractivity (Wildman–Crippen MR) is 110 cm³/mol. The molecule has 0 fully saturated rings. The average molecular weight is 418 g/mol. The molecule has 1 N–H and O–H groups in total. The summed E-state index contributed by atoms with van der Waals surface area (Å²) >= 11 is 0.992. The third-order valence-corrected chi connectivity index (χ3v) is 4.95. The molecule has 29 heavy (non-hydrogen) atoms. The first-order chi connectivity index (χ1) is 13.8. The molecule has 0 saturated heterocycles. The van der Waals surface area contributed by atoms with Gasteiger partial charge in [-0.3, -0.25) is 14.4 Å². The minimum Gasteiger partial charge on any atom is -0.452 e. The van der Waals surface area contributed by atoms with Crippen LogP contribution in [0, 0.1) is 12.7 Å². The van der Waals surface area contributed by atoms with Crippen molar-refractivity contribution in [3.05, 3.63) is 59.9 Å². The van der Waals surface area contributed by atoms with Crippen LogP contribution in [-0.4, -0.2) is 48.1 Å². The molecule has 0 spiro atoms. The number of benzene rings is 2. The first-order valence-corrected chi connectivity index (χ1v) is 9.93.